The second-order valence-corrected chi connectivity index (χ2v) is 3.77. The average molecular weight is 303 g/mol. The Bertz CT molecular complexity index is 502. The minimum absolute atomic E-state index is 0.0728. The Labute approximate surface area is 107 Å². The first-order valence-electron chi connectivity index (χ1n) is 4.84. The molecule has 1 aromatic rings. The SMILES string of the molecule is Nc1c(C(F)(F)F)cc(C(O)C(=O)O)cc1C(F)(F)F. The van der Waals surface area contributed by atoms with Gasteiger partial charge in [0.25, 0.3) is 0 Å². The smallest absolute Gasteiger partial charge is 0.418 e. The number of nitrogens with two attached hydrogens (primary N) is 1. The lowest BCUT2D eigenvalue weighted by Gasteiger charge is -2.18. The quantitative estimate of drug-likeness (QED) is 0.579. The molecule has 4 N–H and O–H groups in total. The lowest BCUT2D eigenvalue weighted by Crippen LogP contribution is -2.19. The zero-order valence-electron chi connectivity index (χ0n) is 9.38. The number of nitrogen functional groups attached to an aromatic ring is 1. The Kier molecular flexibility index (Phi) is 3.90. The van der Waals surface area contributed by atoms with Crippen LogP contribution in [0, 0.1) is 0 Å². The Morgan fingerprint density at radius 2 is 1.40 bits per heavy atom. The molecule has 0 heterocycles. The normalized spacial score (nSPS) is 14.2. The van der Waals surface area contributed by atoms with Crippen molar-refractivity contribution in [2.45, 2.75) is 18.5 Å². The molecule has 0 amide bonds. The van der Waals surface area contributed by atoms with Crippen molar-refractivity contribution in [2.24, 2.45) is 0 Å². The number of hydrogen-bond acceptors (Lipinski definition) is 3. The zero-order valence-corrected chi connectivity index (χ0v) is 9.38. The highest BCUT2D eigenvalue weighted by atomic mass is 19.4. The van der Waals surface area contributed by atoms with E-state index >= 15 is 0 Å². The second-order valence-electron chi connectivity index (χ2n) is 3.77. The van der Waals surface area contributed by atoms with Crippen molar-refractivity contribution in [2.75, 3.05) is 5.73 Å². The molecule has 112 valence electrons. The molecule has 1 rings (SSSR count). The number of benzene rings is 1. The Balaban J connectivity index is 3.63. The Hall–Kier alpha value is -1.97. The van der Waals surface area contributed by atoms with Crippen molar-refractivity contribution in [1.29, 1.82) is 0 Å². The van der Waals surface area contributed by atoms with Gasteiger partial charge in [0.1, 0.15) is 0 Å². The first-order chi connectivity index (χ1) is 8.85. The van der Waals surface area contributed by atoms with Gasteiger partial charge >= 0.3 is 18.3 Å². The summed E-state index contributed by atoms with van der Waals surface area (Å²) in [7, 11) is 0. The number of halogens is 6. The summed E-state index contributed by atoms with van der Waals surface area (Å²) in [6.45, 7) is 0. The standard InChI is InChI=1S/C10H7F6NO3/c11-9(12,13)4-1-3(7(18)8(19)20)2-5(6(4)17)10(14,15)16/h1-2,7,18H,17H2,(H,19,20). The molecule has 0 aliphatic rings. The van der Waals surface area contributed by atoms with Gasteiger partial charge in [0.15, 0.2) is 6.10 Å². The molecular weight excluding hydrogens is 296 g/mol. The van der Waals surface area contributed by atoms with E-state index in [1.54, 1.807) is 0 Å². The molecule has 10 heteroatoms. The minimum Gasteiger partial charge on any atom is -0.479 e. The predicted molar refractivity (Wildman–Crippen MR) is 53.5 cm³/mol. The molecule has 1 atom stereocenters. The predicted octanol–water partition coefficient (Wildman–Crippen LogP) is 2.42. The van der Waals surface area contributed by atoms with Crippen molar-refractivity contribution < 1.29 is 41.4 Å². The number of aliphatic carboxylic acids is 1. The van der Waals surface area contributed by atoms with Crippen LogP contribution in [0.3, 0.4) is 0 Å². The molecule has 0 aliphatic heterocycles. The molecule has 0 saturated heterocycles. The third kappa shape index (κ3) is 3.13. The van der Waals surface area contributed by atoms with Gasteiger partial charge in [0, 0.05) is 0 Å². The van der Waals surface area contributed by atoms with E-state index in [4.69, 9.17) is 15.9 Å². The van der Waals surface area contributed by atoms with Crippen LogP contribution in [0.25, 0.3) is 0 Å². The van der Waals surface area contributed by atoms with Gasteiger partial charge in [0.2, 0.25) is 0 Å². The van der Waals surface area contributed by atoms with Crippen LogP contribution in [-0.4, -0.2) is 16.2 Å². The molecule has 0 bridgehead atoms. The maximum absolute atomic E-state index is 12.6. The summed E-state index contributed by atoms with van der Waals surface area (Å²) in [4.78, 5) is 10.5. The molecular formula is C10H7F6NO3. The molecule has 0 fully saturated rings. The maximum atomic E-state index is 12.6. The molecule has 20 heavy (non-hydrogen) atoms. The topological polar surface area (TPSA) is 83.5 Å². The number of carboxylic acid groups (broad SMARTS) is 1. The molecule has 0 radical (unpaired) electrons. The largest absolute Gasteiger partial charge is 0.479 e. The molecule has 0 spiro atoms. The van der Waals surface area contributed by atoms with Crippen molar-refractivity contribution in [3.8, 4) is 0 Å². The van der Waals surface area contributed by atoms with Gasteiger partial charge in [-0.1, -0.05) is 0 Å². The van der Waals surface area contributed by atoms with Gasteiger partial charge in [-0.05, 0) is 17.7 Å². The summed E-state index contributed by atoms with van der Waals surface area (Å²) in [5.74, 6) is -1.99. The van der Waals surface area contributed by atoms with Crippen LogP contribution < -0.4 is 5.73 Å². The fraction of sp³-hybridized carbons (Fsp3) is 0.300. The highest BCUT2D eigenvalue weighted by molar-refractivity contribution is 5.75. The summed E-state index contributed by atoms with van der Waals surface area (Å²) >= 11 is 0. The summed E-state index contributed by atoms with van der Waals surface area (Å²) in [6, 6.07) is 0.146. The van der Waals surface area contributed by atoms with Gasteiger partial charge in [0.05, 0.1) is 16.8 Å². The highest BCUT2D eigenvalue weighted by Gasteiger charge is 2.41. The molecule has 1 unspecified atom stereocenters. The number of carbonyl (C=O) groups is 1. The van der Waals surface area contributed by atoms with Gasteiger partial charge in [-0.25, -0.2) is 4.79 Å². The molecule has 0 aromatic heterocycles. The van der Waals surface area contributed by atoms with Crippen molar-refractivity contribution in [3.63, 3.8) is 0 Å². The molecule has 1 aromatic carbocycles. The van der Waals surface area contributed by atoms with Crippen LogP contribution >= 0.6 is 0 Å². The van der Waals surface area contributed by atoms with E-state index in [-0.39, 0.29) is 12.1 Å². The number of aliphatic hydroxyl groups excluding tert-OH is 1. The number of rotatable bonds is 2. The summed E-state index contributed by atoms with van der Waals surface area (Å²) in [6.07, 6.45) is -13.0. The lowest BCUT2D eigenvalue weighted by molar-refractivity contribution is -0.148. The van der Waals surface area contributed by atoms with Crippen LogP contribution in [0.2, 0.25) is 0 Å². The van der Waals surface area contributed by atoms with Crippen molar-refractivity contribution in [3.05, 3.63) is 28.8 Å². The van der Waals surface area contributed by atoms with Crippen LogP contribution in [0.5, 0.6) is 0 Å². The monoisotopic (exact) mass is 303 g/mol. The number of aliphatic hydroxyl groups is 1. The number of alkyl halides is 6. The van der Waals surface area contributed by atoms with Crippen LogP contribution in [-0.2, 0) is 17.1 Å². The van der Waals surface area contributed by atoms with E-state index < -0.39 is 46.8 Å². The van der Waals surface area contributed by atoms with E-state index in [9.17, 15) is 31.1 Å². The Morgan fingerprint density at radius 1 is 1.05 bits per heavy atom. The van der Waals surface area contributed by atoms with Gasteiger partial charge in [-0.2, -0.15) is 26.3 Å². The summed E-state index contributed by atoms with van der Waals surface area (Å²) in [5, 5.41) is 17.5. The second kappa shape index (κ2) is 4.85. The van der Waals surface area contributed by atoms with Crippen molar-refractivity contribution in [1.82, 2.24) is 0 Å². The lowest BCUT2D eigenvalue weighted by atomic mass is 9.98. The van der Waals surface area contributed by atoms with E-state index in [0.717, 1.165) is 0 Å². The fourth-order valence-electron chi connectivity index (χ4n) is 1.45. The summed E-state index contributed by atoms with van der Waals surface area (Å²) in [5.41, 5.74) is -1.53. The fourth-order valence-corrected chi connectivity index (χ4v) is 1.45. The first kappa shape index (κ1) is 16.1. The van der Waals surface area contributed by atoms with Crippen molar-refractivity contribution >= 4 is 11.7 Å². The Morgan fingerprint density at radius 3 is 1.65 bits per heavy atom. The molecule has 0 aliphatic carbocycles. The maximum Gasteiger partial charge on any atom is 0.418 e. The average Bonchev–Trinajstić information content (AvgIpc) is 2.24. The van der Waals surface area contributed by atoms with E-state index in [1.165, 1.54) is 0 Å². The van der Waals surface area contributed by atoms with Crippen LogP contribution in [0.1, 0.15) is 22.8 Å². The van der Waals surface area contributed by atoms with E-state index in [0.29, 0.717) is 0 Å². The van der Waals surface area contributed by atoms with E-state index in [2.05, 4.69) is 0 Å². The third-order valence-corrected chi connectivity index (χ3v) is 2.36. The van der Waals surface area contributed by atoms with Gasteiger partial charge in [-0.15, -0.1) is 0 Å². The summed E-state index contributed by atoms with van der Waals surface area (Å²) < 4.78 is 75.5. The molecule has 4 nitrogen and oxygen atoms in total. The zero-order chi connectivity index (χ0) is 15.9. The number of hydrogen-bond donors (Lipinski definition) is 3. The molecule has 0 saturated carbocycles. The first-order valence-corrected chi connectivity index (χ1v) is 4.84. The van der Waals surface area contributed by atoms with Gasteiger partial charge in [-0.3, -0.25) is 0 Å². The van der Waals surface area contributed by atoms with E-state index in [1.807, 2.05) is 0 Å². The number of carboxylic acids is 1. The van der Waals surface area contributed by atoms with Crippen LogP contribution in [0.15, 0.2) is 12.1 Å². The minimum atomic E-state index is -5.22. The number of anilines is 1. The highest BCUT2D eigenvalue weighted by Crippen LogP contribution is 2.42. The third-order valence-electron chi connectivity index (χ3n) is 2.36. The van der Waals surface area contributed by atoms with Gasteiger partial charge < -0.3 is 15.9 Å². The van der Waals surface area contributed by atoms with Crippen LogP contribution in [0.4, 0.5) is 32.0 Å².